The molecule has 1 N–H and O–H groups in total. The summed E-state index contributed by atoms with van der Waals surface area (Å²) in [5, 5.41) is 6.95. The molecule has 0 unspecified atom stereocenters. The quantitative estimate of drug-likeness (QED) is 0.823. The second-order valence-electron chi connectivity index (χ2n) is 4.05. The maximum atomic E-state index is 11.9. The lowest BCUT2D eigenvalue weighted by molar-refractivity contribution is 0.0951. The van der Waals surface area contributed by atoms with E-state index in [-0.39, 0.29) is 5.91 Å². The van der Waals surface area contributed by atoms with Crippen molar-refractivity contribution in [1.82, 2.24) is 15.1 Å². The van der Waals surface area contributed by atoms with Crippen molar-refractivity contribution >= 4 is 18.5 Å². The zero-order chi connectivity index (χ0) is 13.0. The lowest BCUT2D eigenvalue weighted by Crippen LogP contribution is -2.25. The molecule has 94 valence electrons. The summed E-state index contributed by atoms with van der Waals surface area (Å²) in [5.41, 5.74) is 1.71. The lowest BCUT2D eigenvalue weighted by atomic mass is 10.2. The van der Waals surface area contributed by atoms with E-state index in [1.165, 1.54) is 0 Å². The van der Waals surface area contributed by atoms with Crippen molar-refractivity contribution in [3.63, 3.8) is 0 Å². The standard InChI is InChI=1S/C13H15N3OS/c1-16-9-10(8-15-16)6-7-14-13(17)11-4-2-3-5-12(11)18/h2-5,8-9,18H,6-7H2,1H3,(H,14,17). The Morgan fingerprint density at radius 1 is 1.44 bits per heavy atom. The Hall–Kier alpha value is -1.75. The minimum absolute atomic E-state index is 0.0931. The SMILES string of the molecule is Cn1cc(CCNC(=O)c2ccccc2S)cn1. The summed E-state index contributed by atoms with van der Waals surface area (Å²) < 4.78 is 1.75. The molecular formula is C13H15N3OS. The predicted molar refractivity (Wildman–Crippen MR) is 72.9 cm³/mol. The van der Waals surface area contributed by atoms with E-state index in [1.54, 1.807) is 23.0 Å². The largest absolute Gasteiger partial charge is 0.352 e. The van der Waals surface area contributed by atoms with Gasteiger partial charge in [0.05, 0.1) is 11.8 Å². The Bertz CT molecular complexity index is 551. The molecular weight excluding hydrogens is 246 g/mol. The minimum Gasteiger partial charge on any atom is -0.352 e. The van der Waals surface area contributed by atoms with Gasteiger partial charge in [-0.25, -0.2) is 0 Å². The first-order valence-corrected chi connectivity index (χ1v) is 6.15. The minimum atomic E-state index is -0.0931. The first-order chi connectivity index (χ1) is 8.66. The van der Waals surface area contributed by atoms with Gasteiger partial charge in [-0.3, -0.25) is 9.48 Å². The lowest BCUT2D eigenvalue weighted by Gasteiger charge is -2.06. The van der Waals surface area contributed by atoms with Crippen molar-refractivity contribution in [2.75, 3.05) is 6.54 Å². The summed E-state index contributed by atoms with van der Waals surface area (Å²) in [4.78, 5) is 12.6. The Kier molecular flexibility index (Phi) is 4.04. The fourth-order valence-corrected chi connectivity index (χ4v) is 1.94. The summed E-state index contributed by atoms with van der Waals surface area (Å²) in [7, 11) is 1.87. The van der Waals surface area contributed by atoms with Crippen LogP contribution < -0.4 is 5.32 Å². The first-order valence-electron chi connectivity index (χ1n) is 5.70. The maximum absolute atomic E-state index is 11.9. The molecule has 2 aromatic rings. The summed E-state index contributed by atoms with van der Waals surface area (Å²) in [5.74, 6) is -0.0931. The van der Waals surface area contributed by atoms with Crippen molar-refractivity contribution in [2.45, 2.75) is 11.3 Å². The van der Waals surface area contributed by atoms with Crippen LogP contribution in [0, 0.1) is 0 Å². The summed E-state index contributed by atoms with van der Waals surface area (Å²) in [6.07, 6.45) is 4.52. The van der Waals surface area contributed by atoms with Crippen molar-refractivity contribution in [3.05, 3.63) is 47.8 Å². The van der Waals surface area contributed by atoms with Crippen molar-refractivity contribution < 1.29 is 4.79 Å². The molecule has 0 aliphatic carbocycles. The van der Waals surface area contributed by atoms with Gasteiger partial charge < -0.3 is 5.32 Å². The van der Waals surface area contributed by atoms with Gasteiger partial charge in [-0.05, 0) is 24.1 Å². The van der Waals surface area contributed by atoms with Crippen LogP contribution in [0.2, 0.25) is 0 Å². The van der Waals surface area contributed by atoms with Gasteiger partial charge in [0, 0.05) is 24.7 Å². The third-order valence-corrected chi connectivity index (χ3v) is 3.00. The van der Waals surface area contributed by atoms with E-state index in [4.69, 9.17) is 0 Å². The van der Waals surface area contributed by atoms with E-state index >= 15 is 0 Å². The van der Waals surface area contributed by atoms with Gasteiger partial charge in [0.15, 0.2) is 0 Å². The molecule has 0 radical (unpaired) electrons. The number of benzene rings is 1. The van der Waals surface area contributed by atoms with Crippen LogP contribution in [0.25, 0.3) is 0 Å². The highest BCUT2D eigenvalue weighted by Gasteiger charge is 2.07. The number of carbonyl (C=O) groups excluding carboxylic acids is 1. The molecule has 1 amide bonds. The van der Waals surface area contributed by atoms with Gasteiger partial charge >= 0.3 is 0 Å². The third kappa shape index (κ3) is 3.13. The van der Waals surface area contributed by atoms with Crippen LogP contribution >= 0.6 is 12.6 Å². The molecule has 1 heterocycles. The molecule has 5 heteroatoms. The van der Waals surface area contributed by atoms with Gasteiger partial charge in [0.2, 0.25) is 0 Å². The Balaban J connectivity index is 1.87. The fourth-order valence-electron chi connectivity index (χ4n) is 1.68. The molecule has 0 bridgehead atoms. The molecule has 0 fully saturated rings. The second kappa shape index (κ2) is 5.73. The van der Waals surface area contributed by atoms with Crippen LogP contribution in [0.4, 0.5) is 0 Å². The van der Waals surface area contributed by atoms with Crippen molar-refractivity contribution in [2.24, 2.45) is 7.05 Å². The molecule has 1 aromatic heterocycles. The number of aromatic nitrogens is 2. The average Bonchev–Trinajstić information content (AvgIpc) is 2.75. The first kappa shape index (κ1) is 12.7. The number of amides is 1. The third-order valence-electron chi connectivity index (χ3n) is 2.61. The summed E-state index contributed by atoms with van der Waals surface area (Å²) in [6, 6.07) is 7.26. The smallest absolute Gasteiger partial charge is 0.252 e. The van der Waals surface area contributed by atoms with Crippen molar-refractivity contribution in [1.29, 1.82) is 0 Å². The van der Waals surface area contributed by atoms with Crippen LogP contribution in [0.1, 0.15) is 15.9 Å². The Labute approximate surface area is 111 Å². The number of aryl methyl sites for hydroxylation is 1. The number of hydrogen-bond donors (Lipinski definition) is 2. The molecule has 0 saturated carbocycles. The summed E-state index contributed by atoms with van der Waals surface area (Å²) >= 11 is 4.26. The monoisotopic (exact) mass is 261 g/mol. The van der Waals surface area contributed by atoms with Crippen LogP contribution in [0.15, 0.2) is 41.6 Å². The summed E-state index contributed by atoms with van der Waals surface area (Å²) in [6.45, 7) is 0.590. The van der Waals surface area contributed by atoms with E-state index in [2.05, 4.69) is 23.0 Å². The van der Waals surface area contributed by atoms with Gasteiger partial charge in [0.1, 0.15) is 0 Å². The highest BCUT2D eigenvalue weighted by atomic mass is 32.1. The highest BCUT2D eigenvalue weighted by molar-refractivity contribution is 7.80. The van der Waals surface area contributed by atoms with Gasteiger partial charge in [0.25, 0.3) is 5.91 Å². The van der Waals surface area contributed by atoms with Gasteiger partial charge in [-0.1, -0.05) is 12.1 Å². The van der Waals surface area contributed by atoms with E-state index in [1.807, 2.05) is 25.4 Å². The molecule has 0 atom stereocenters. The number of carbonyl (C=O) groups is 1. The van der Waals surface area contributed by atoms with Crippen LogP contribution in [0.5, 0.6) is 0 Å². The average molecular weight is 261 g/mol. The molecule has 1 aromatic carbocycles. The molecule has 2 rings (SSSR count). The highest BCUT2D eigenvalue weighted by Crippen LogP contribution is 2.12. The zero-order valence-corrected chi connectivity index (χ0v) is 11.0. The van der Waals surface area contributed by atoms with Gasteiger partial charge in [-0.15, -0.1) is 12.6 Å². The molecule has 4 nitrogen and oxygen atoms in total. The van der Waals surface area contributed by atoms with E-state index in [0.29, 0.717) is 17.0 Å². The number of nitrogens with one attached hydrogen (secondary N) is 1. The number of rotatable bonds is 4. The Morgan fingerprint density at radius 2 is 2.22 bits per heavy atom. The molecule has 0 aliphatic heterocycles. The number of hydrogen-bond acceptors (Lipinski definition) is 3. The van der Waals surface area contributed by atoms with E-state index in [0.717, 1.165) is 12.0 Å². The number of thiol groups is 1. The molecule has 0 aliphatic rings. The Morgan fingerprint density at radius 3 is 2.89 bits per heavy atom. The molecule has 0 saturated heterocycles. The molecule has 0 spiro atoms. The molecule has 18 heavy (non-hydrogen) atoms. The van der Waals surface area contributed by atoms with E-state index < -0.39 is 0 Å². The topological polar surface area (TPSA) is 46.9 Å². The second-order valence-corrected chi connectivity index (χ2v) is 4.53. The van der Waals surface area contributed by atoms with Crippen LogP contribution in [-0.4, -0.2) is 22.2 Å². The fraction of sp³-hybridized carbons (Fsp3) is 0.231. The number of nitrogens with zero attached hydrogens (tertiary/aromatic N) is 2. The zero-order valence-electron chi connectivity index (χ0n) is 10.1. The van der Waals surface area contributed by atoms with Crippen LogP contribution in [0.3, 0.4) is 0 Å². The van der Waals surface area contributed by atoms with Gasteiger partial charge in [-0.2, -0.15) is 5.10 Å². The predicted octanol–water partition coefficient (Wildman–Crippen LogP) is 1.68. The normalized spacial score (nSPS) is 10.3. The van der Waals surface area contributed by atoms with Crippen molar-refractivity contribution in [3.8, 4) is 0 Å². The maximum Gasteiger partial charge on any atom is 0.252 e. The van der Waals surface area contributed by atoms with E-state index in [9.17, 15) is 4.79 Å². The van der Waals surface area contributed by atoms with Crippen LogP contribution in [-0.2, 0) is 13.5 Å².